The van der Waals surface area contributed by atoms with Gasteiger partial charge in [-0.1, -0.05) is 0 Å². The first-order valence-electron chi connectivity index (χ1n) is 4.33. The van der Waals surface area contributed by atoms with Crippen molar-refractivity contribution in [1.29, 1.82) is 0 Å². The van der Waals surface area contributed by atoms with Gasteiger partial charge in [-0.3, -0.25) is 0 Å². The molecule has 2 rings (SSSR count). The van der Waals surface area contributed by atoms with Crippen molar-refractivity contribution in [2.75, 3.05) is 23.7 Å². The molecule has 0 amide bonds. The van der Waals surface area contributed by atoms with E-state index in [2.05, 4.69) is 9.88 Å². The number of pyridine rings is 1. The Morgan fingerprint density at radius 3 is 2.75 bits per heavy atom. The molecule has 3 nitrogen and oxygen atoms in total. The monoisotopic (exact) mass is 163 g/mol. The molecule has 1 aromatic rings. The van der Waals surface area contributed by atoms with E-state index < -0.39 is 0 Å². The molecule has 0 radical (unpaired) electrons. The van der Waals surface area contributed by atoms with Gasteiger partial charge in [-0.15, -0.1) is 0 Å². The maximum atomic E-state index is 5.66. The second-order valence-corrected chi connectivity index (χ2v) is 3.14. The maximum Gasteiger partial charge on any atom is 0.130 e. The normalized spacial score (nSPS) is 16.8. The third-order valence-corrected chi connectivity index (χ3v) is 2.20. The van der Waals surface area contributed by atoms with Gasteiger partial charge in [0.25, 0.3) is 0 Å². The number of aromatic nitrogens is 1. The lowest BCUT2D eigenvalue weighted by Gasteiger charge is -2.15. The van der Waals surface area contributed by atoms with Crippen molar-refractivity contribution in [3.63, 3.8) is 0 Å². The molecule has 0 saturated carbocycles. The quantitative estimate of drug-likeness (QED) is 0.677. The van der Waals surface area contributed by atoms with E-state index in [0.717, 1.165) is 24.6 Å². The molecule has 0 aromatic carbocycles. The second-order valence-electron chi connectivity index (χ2n) is 3.14. The first kappa shape index (κ1) is 7.40. The van der Waals surface area contributed by atoms with Crippen LogP contribution in [0.4, 0.5) is 11.5 Å². The topological polar surface area (TPSA) is 42.1 Å². The van der Waals surface area contributed by atoms with Crippen molar-refractivity contribution >= 4 is 11.5 Å². The molecule has 1 aromatic heterocycles. The van der Waals surface area contributed by atoms with Crippen LogP contribution in [-0.4, -0.2) is 18.1 Å². The molecular formula is C9H13N3. The molecule has 2 heterocycles. The van der Waals surface area contributed by atoms with Gasteiger partial charge >= 0.3 is 0 Å². The van der Waals surface area contributed by atoms with Gasteiger partial charge < -0.3 is 10.6 Å². The first-order valence-corrected chi connectivity index (χ1v) is 4.33. The molecule has 1 aliphatic rings. The van der Waals surface area contributed by atoms with Crippen LogP contribution in [0, 0.1) is 0 Å². The Balaban J connectivity index is 2.21. The molecular weight excluding hydrogens is 150 g/mol. The highest BCUT2D eigenvalue weighted by atomic mass is 15.2. The average Bonchev–Trinajstić information content (AvgIpc) is 2.56. The molecule has 2 N–H and O–H groups in total. The van der Waals surface area contributed by atoms with Crippen LogP contribution >= 0.6 is 0 Å². The van der Waals surface area contributed by atoms with Crippen LogP contribution in [0.15, 0.2) is 18.3 Å². The number of nitrogen functional groups attached to an aromatic ring is 1. The van der Waals surface area contributed by atoms with Crippen molar-refractivity contribution in [2.45, 2.75) is 12.8 Å². The molecule has 1 aliphatic heterocycles. The third kappa shape index (κ3) is 1.35. The van der Waals surface area contributed by atoms with Crippen molar-refractivity contribution in [2.24, 2.45) is 0 Å². The third-order valence-electron chi connectivity index (χ3n) is 2.20. The lowest BCUT2D eigenvalue weighted by molar-refractivity contribution is 0.938. The summed E-state index contributed by atoms with van der Waals surface area (Å²) in [7, 11) is 0. The molecule has 12 heavy (non-hydrogen) atoms. The predicted octanol–water partition coefficient (Wildman–Crippen LogP) is 1.26. The van der Waals surface area contributed by atoms with E-state index in [4.69, 9.17) is 5.73 Å². The molecule has 0 spiro atoms. The van der Waals surface area contributed by atoms with Crippen LogP contribution in [0.1, 0.15) is 12.8 Å². The highest BCUT2D eigenvalue weighted by Gasteiger charge is 2.12. The fourth-order valence-corrected chi connectivity index (χ4v) is 1.55. The van der Waals surface area contributed by atoms with Crippen molar-refractivity contribution < 1.29 is 0 Å². The van der Waals surface area contributed by atoms with Crippen LogP contribution < -0.4 is 10.6 Å². The number of hydrogen-bond donors (Lipinski definition) is 1. The number of hydrogen-bond acceptors (Lipinski definition) is 3. The lowest BCUT2D eigenvalue weighted by atomic mass is 10.4. The zero-order valence-electron chi connectivity index (χ0n) is 7.03. The summed E-state index contributed by atoms with van der Waals surface area (Å²) >= 11 is 0. The molecule has 0 unspecified atom stereocenters. The van der Waals surface area contributed by atoms with Crippen molar-refractivity contribution in [1.82, 2.24) is 4.98 Å². The second kappa shape index (κ2) is 3.01. The number of anilines is 2. The predicted molar refractivity (Wildman–Crippen MR) is 50.1 cm³/mol. The van der Waals surface area contributed by atoms with Crippen LogP contribution in [0.5, 0.6) is 0 Å². The molecule has 0 bridgehead atoms. The lowest BCUT2D eigenvalue weighted by Crippen LogP contribution is -2.18. The summed E-state index contributed by atoms with van der Waals surface area (Å²) in [5.41, 5.74) is 6.46. The molecule has 0 atom stereocenters. The van der Waals surface area contributed by atoms with Crippen LogP contribution in [-0.2, 0) is 0 Å². The van der Waals surface area contributed by atoms with Crippen LogP contribution in [0.3, 0.4) is 0 Å². The number of nitrogens with zero attached hydrogens (tertiary/aromatic N) is 2. The summed E-state index contributed by atoms with van der Waals surface area (Å²) in [4.78, 5) is 6.54. The summed E-state index contributed by atoms with van der Waals surface area (Å²) < 4.78 is 0. The molecule has 1 saturated heterocycles. The standard InChI is InChI=1S/C9H13N3/c10-8-3-4-11-9(7-8)12-5-1-2-6-12/h3-4,7H,1-2,5-6H2,(H2,10,11). The highest BCUT2D eigenvalue weighted by Crippen LogP contribution is 2.18. The zero-order valence-corrected chi connectivity index (χ0v) is 7.03. The van der Waals surface area contributed by atoms with Gasteiger partial charge in [0.05, 0.1) is 0 Å². The SMILES string of the molecule is Nc1ccnc(N2CCCC2)c1. The van der Waals surface area contributed by atoms with Crippen LogP contribution in [0.25, 0.3) is 0 Å². The van der Waals surface area contributed by atoms with E-state index in [-0.39, 0.29) is 0 Å². The van der Waals surface area contributed by atoms with E-state index in [9.17, 15) is 0 Å². The minimum atomic E-state index is 0.798. The Labute approximate surface area is 72.2 Å². The highest BCUT2D eigenvalue weighted by molar-refractivity contribution is 5.50. The molecule has 3 heteroatoms. The Hall–Kier alpha value is -1.25. The Morgan fingerprint density at radius 1 is 1.33 bits per heavy atom. The Bertz CT molecular complexity index is 266. The molecule has 0 aliphatic carbocycles. The summed E-state index contributed by atoms with van der Waals surface area (Å²) in [6.07, 6.45) is 4.32. The largest absolute Gasteiger partial charge is 0.399 e. The minimum Gasteiger partial charge on any atom is -0.399 e. The van der Waals surface area contributed by atoms with Gasteiger partial charge in [0.15, 0.2) is 0 Å². The van der Waals surface area contributed by atoms with Gasteiger partial charge in [-0.05, 0) is 18.9 Å². The van der Waals surface area contributed by atoms with Gasteiger partial charge in [0.2, 0.25) is 0 Å². The Kier molecular flexibility index (Phi) is 1.86. The average molecular weight is 163 g/mol. The molecule has 1 fully saturated rings. The first-order chi connectivity index (χ1) is 5.86. The van der Waals surface area contributed by atoms with Gasteiger partial charge in [-0.2, -0.15) is 0 Å². The van der Waals surface area contributed by atoms with E-state index >= 15 is 0 Å². The van der Waals surface area contributed by atoms with Gasteiger partial charge in [0.1, 0.15) is 5.82 Å². The van der Waals surface area contributed by atoms with Crippen molar-refractivity contribution in [3.8, 4) is 0 Å². The smallest absolute Gasteiger partial charge is 0.130 e. The summed E-state index contributed by atoms with van der Waals surface area (Å²) in [5, 5.41) is 0. The Morgan fingerprint density at radius 2 is 2.08 bits per heavy atom. The summed E-state index contributed by atoms with van der Waals surface area (Å²) in [6, 6.07) is 3.75. The fourth-order valence-electron chi connectivity index (χ4n) is 1.55. The fraction of sp³-hybridized carbons (Fsp3) is 0.444. The van der Waals surface area contributed by atoms with E-state index in [1.807, 2.05) is 12.1 Å². The zero-order chi connectivity index (χ0) is 8.39. The van der Waals surface area contributed by atoms with Crippen LogP contribution in [0.2, 0.25) is 0 Å². The van der Waals surface area contributed by atoms with Crippen molar-refractivity contribution in [3.05, 3.63) is 18.3 Å². The van der Waals surface area contributed by atoms with Gasteiger partial charge in [-0.25, -0.2) is 4.98 Å². The molecule has 64 valence electrons. The number of nitrogens with two attached hydrogens (primary N) is 1. The van der Waals surface area contributed by atoms with E-state index in [1.54, 1.807) is 6.20 Å². The maximum absolute atomic E-state index is 5.66. The number of rotatable bonds is 1. The van der Waals surface area contributed by atoms with E-state index in [1.165, 1.54) is 12.8 Å². The van der Waals surface area contributed by atoms with Gasteiger partial charge in [0, 0.05) is 31.0 Å². The minimum absolute atomic E-state index is 0.798. The summed E-state index contributed by atoms with van der Waals surface area (Å²) in [6.45, 7) is 2.24. The summed E-state index contributed by atoms with van der Waals surface area (Å²) in [5.74, 6) is 1.02. The van der Waals surface area contributed by atoms with E-state index in [0.29, 0.717) is 0 Å².